The summed E-state index contributed by atoms with van der Waals surface area (Å²) in [6.07, 6.45) is 0. The van der Waals surface area contributed by atoms with Gasteiger partial charge in [-0.3, -0.25) is 0 Å². The zero-order valence-corrected chi connectivity index (χ0v) is 7.43. The Balaban J connectivity index is 3.24. The average molecular weight is 188 g/mol. The van der Waals surface area contributed by atoms with E-state index in [0.717, 1.165) is 0 Å². The van der Waals surface area contributed by atoms with Crippen LogP contribution in [0, 0.1) is 0 Å². The highest BCUT2D eigenvalue weighted by molar-refractivity contribution is 6.33. The van der Waals surface area contributed by atoms with Crippen molar-refractivity contribution in [2.45, 2.75) is 6.54 Å². The second kappa shape index (κ2) is 3.65. The fourth-order valence-electron chi connectivity index (χ4n) is 0.941. The van der Waals surface area contributed by atoms with E-state index in [1.54, 1.807) is 6.07 Å². The molecule has 0 aliphatic rings. The van der Waals surface area contributed by atoms with Gasteiger partial charge in [0.15, 0.2) is 0 Å². The number of methoxy groups -OCH3 is 1. The van der Waals surface area contributed by atoms with Gasteiger partial charge in [0, 0.05) is 12.1 Å². The van der Waals surface area contributed by atoms with E-state index in [-0.39, 0.29) is 12.3 Å². The number of benzene rings is 1. The van der Waals surface area contributed by atoms with Crippen LogP contribution in [0.4, 0.5) is 0 Å². The highest BCUT2D eigenvalue weighted by Gasteiger charge is 2.09. The molecule has 0 aliphatic heterocycles. The molecule has 0 heterocycles. The Morgan fingerprint density at radius 1 is 1.58 bits per heavy atom. The van der Waals surface area contributed by atoms with Gasteiger partial charge in [-0.2, -0.15) is 0 Å². The molecule has 1 aromatic rings. The molecule has 4 heteroatoms. The van der Waals surface area contributed by atoms with E-state index < -0.39 is 0 Å². The van der Waals surface area contributed by atoms with Crippen LogP contribution in [0.3, 0.4) is 0 Å². The van der Waals surface area contributed by atoms with Crippen molar-refractivity contribution >= 4 is 11.6 Å². The van der Waals surface area contributed by atoms with Crippen molar-refractivity contribution in [2.75, 3.05) is 7.11 Å². The zero-order chi connectivity index (χ0) is 9.14. The van der Waals surface area contributed by atoms with Gasteiger partial charge in [-0.1, -0.05) is 11.6 Å². The Labute approximate surface area is 75.7 Å². The summed E-state index contributed by atoms with van der Waals surface area (Å²) in [5.74, 6) is 0.623. The Morgan fingerprint density at radius 3 is 2.75 bits per heavy atom. The van der Waals surface area contributed by atoms with E-state index >= 15 is 0 Å². The van der Waals surface area contributed by atoms with E-state index in [1.165, 1.54) is 13.2 Å². The smallest absolute Gasteiger partial charge is 0.138 e. The summed E-state index contributed by atoms with van der Waals surface area (Å²) in [7, 11) is 1.51. The van der Waals surface area contributed by atoms with Crippen molar-refractivity contribution in [3.8, 4) is 11.5 Å². The molecule has 66 valence electrons. The molecule has 3 nitrogen and oxygen atoms in total. The molecule has 0 saturated heterocycles. The van der Waals surface area contributed by atoms with Gasteiger partial charge in [0.05, 0.1) is 12.1 Å². The summed E-state index contributed by atoms with van der Waals surface area (Å²) in [5, 5.41) is 9.67. The number of halogens is 1. The maximum absolute atomic E-state index is 9.29. The first-order valence-corrected chi connectivity index (χ1v) is 3.83. The zero-order valence-electron chi connectivity index (χ0n) is 6.67. The molecule has 0 aromatic heterocycles. The van der Waals surface area contributed by atoms with Gasteiger partial charge in [-0.15, -0.1) is 0 Å². The largest absolute Gasteiger partial charge is 0.508 e. The Bertz CT molecular complexity index is 289. The number of ether oxygens (including phenoxy) is 1. The topological polar surface area (TPSA) is 55.5 Å². The van der Waals surface area contributed by atoms with Crippen molar-refractivity contribution in [1.29, 1.82) is 0 Å². The summed E-state index contributed by atoms with van der Waals surface area (Å²) in [6.45, 7) is 0.196. The Morgan fingerprint density at radius 2 is 2.25 bits per heavy atom. The van der Waals surface area contributed by atoms with E-state index in [2.05, 4.69) is 0 Å². The standard InChI is InChI=1S/C8H10ClNO2/c1-12-7-3-2-6(11)5(4-10)8(7)9/h2-3,11H,4,10H2,1H3. The predicted molar refractivity (Wildman–Crippen MR) is 47.6 cm³/mol. The van der Waals surface area contributed by atoms with Crippen LogP contribution in [-0.2, 0) is 6.54 Å². The molecule has 0 unspecified atom stereocenters. The predicted octanol–water partition coefficient (Wildman–Crippen LogP) is 1.51. The second-order valence-corrected chi connectivity index (χ2v) is 2.66. The molecule has 3 N–H and O–H groups in total. The molecule has 1 aromatic carbocycles. The summed E-state index contributed by atoms with van der Waals surface area (Å²) in [4.78, 5) is 0. The minimum absolute atomic E-state index is 0.100. The van der Waals surface area contributed by atoms with Gasteiger partial charge in [0.1, 0.15) is 11.5 Å². The van der Waals surface area contributed by atoms with Crippen LogP contribution in [-0.4, -0.2) is 12.2 Å². The van der Waals surface area contributed by atoms with Crippen LogP contribution in [0.5, 0.6) is 11.5 Å². The number of phenols is 1. The summed E-state index contributed by atoms with van der Waals surface area (Å²) in [6, 6.07) is 3.10. The molecule has 0 saturated carbocycles. The maximum Gasteiger partial charge on any atom is 0.138 e. The molecular formula is C8H10ClNO2. The second-order valence-electron chi connectivity index (χ2n) is 2.28. The van der Waals surface area contributed by atoms with E-state index in [0.29, 0.717) is 16.3 Å². The van der Waals surface area contributed by atoms with Gasteiger partial charge in [0.25, 0.3) is 0 Å². The quantitative estimate of drug-likeness (QED) is 0.738. The molecule has 0 spiro atoms. The molecule has 0 atom stereocenters. The molecule has 0 radical (unpaired) electrons. The monoisotopic (exact) mass is 187 g/mol. The van der Waals surface area contributed by atoms with Crippen LogP contribution < -0.4 is 10.5 Å². The number of hydrogen-bond acceptors (Lipinski definition) is 3. The molecule has 0 bridgehead atoms. The minimum Gasteiger partial charge on any atom is -0.508 e. The van der Waals surface area contributed by atoms with Crippen molar-refractivity contribution in [3.63, 3.8) is 0 Å². The van der Waals surface area contributed by atoms with Crippen molar-refractivity contribution < 1.29 is 9.84 Å². The first-order chi connectivity index (χ1) is 5.70. The maximum atomic E-state index is 9.29. The molecule has 0 aliphatic carbocycles. The fraction of sp³-hybridized carbons (Fsp3) is 0.250. The van der Waals surface area contributed by atoms with Gasteiger partial charge >= 0.3 is 0 Å². The number of nitrogens with two attached hydrogens (primary N) is 1. The number of aromatic hydroxyl groups is 1. The third-order valence-corrected chi connectivity index (χ3v) is 2.02. The highest BCUT2D eigenvalue weighted by Crippen LogP contribution is 2.33. The third-order valence-electron chi connectivity index (χ3n) is 1.61. The lowest BCUT2D eigenvalue weighted by molar-refractivity contribution is 0.411. The van der Waals surface area contributed by atoms with Crippen LogP contribution in [0.1, 0.15) is 5.56 Å². The van der Waals surface area contributed by atoms with Gasteiger partial charge in [0.2, 0.25) is 0 Å². The SMILES string of the molecule is COc1ccc(O)c(CN)c1Cl. The lowest BCUT2D eigenvalue weighted by Crippen LogP contribution is -1.99. The van der Waals surface area contributed by atoms with Crippen LogP contribution in [0.2, 0.25) is 5.02 Å². The van der Waals surface area contributed by atoms with Crippen LogP contribution in [0.15, 0.2) is 12.1 Å². The van der Waals surface area contributed by atoms with E-state index in [1.807, 2.05) is 0 Å². The Hall–Kier alpha value is -0.930. The first-order valence-electron chi connectivity index (χ1n) is 3.45. The molecule has 1 rings (SSSR count). The number of rotatable bonds is 2. The normalized spacial score (nSPS) is 9.92. The highest BCUT2D eigenvalue weighted by atomic mass is 35.5. The van der Waals surface area contributed by atoms with Crippen LogP contribution >= 0.6 is 11.6 Å². The summed E-state index contributed by atoms with van der Waals surface area (Å²) >= 11 is 5.85. The number of phenolic OH excluding ortho intramolecular Hbond substituents is 1. The fourth-order valence-corrected chi connectivity index (χ4v) is 1.26. The number of hydrogen-bond donors (Lipinski definition) is 2. The van der Waals surface area contributed by atoms with E-state index in [9.17, 15) is 5.11 Å². The lowest BCUT2D eigenvalue weighted by atomic mass is 10.2. The Kier molecular flexibility index (Phi) is 2.78. The van der Waals surface area contributed by atoms with Crippen molar-refractivity contribution in [3.05, 3.63) is 22.7 Å². The summed E-state index contributed by atoms with van der Waals surface area (Å²) in [5.41, 5.74) is 5.89. The van der Waals surface area contributed by atoms with Gasteiger partial charge in [-0.05, 0) is 12.1 Å². The van der Waals surface area contributed by atoms with Crippen molar-refractivity contribution in [2.24, 2.45) is 5.73 Å². The lowest BCUT2D eigenvalue weighted by Gasteiger charge is -2.08. The first kappa shape index (κ1) is 9.16. The third kappa shape index (κ3) is 1.47. The molecule has 0 amide bonds. The van der Waals surface area contributed by atoms with E-state index in [4.69, 9.17) is 22.1 Å². The van der Waals surface area contributed by atoms with Crippen molar-refractivity contribution in [1.82, 2.24) is 0 Å². The molecule has 0 fully saturated rings. The molecular weight excluding hydrogens is 178 g/mol. The minimum atomic E-state index is 0.100. The van der Waals surface area contributed by atoms with Gasteiger partial charge < -0.3 is 15.6 Å². The van der Waals surface area contributed by atoms with Gasteiger partial charge in [-0.25, -0.2) is 0 Å². The summed E-state index contributed by atoms with van der Waals surface area (Å²) < 4.78 is 4.94. The van der Waals surface area contributed by atoms with Crippen LogP contribution in [0.25, 0.3) is 0 Å². The molecule has 12 heavy (non-hydrogen) atoms. The average Bonchev–Trinajstić information content (AvgIpc) is 2.06.